The molecule has 1 atom stereocenters. The van der Waals surface area contributed by atoms with Crippen LogP contribution in [-0.2, 0) is 0 Å². The Morgan fingerprint density at radius 1 is 1.35 bits per heavy atom. The molecule has 2 N–H and O–H groups in total. The normalized spacial score (nSPS) is 25.8. The number of benzene rings is 1. The van der Waals surface area contributed by atoms with Crippen molar-refractivity contribution in [1.82, 2.24) is 5.32 Å². The van der Waals surface area contributed by atoms with Crippen LogP contribution < -0.4 is 5.32 Å². The van der Waals surface area contributed by atoms with Crippen molar-refractivity contribution >= 4 is 21.4 Å². The summed E-state index contributed by atoms with van der Waals surface area (Å²) in [7, 11) is 0. The van der Waals surface area contributed by atoms with Gasteiger partial charge in [0.25, 0.3) is 0 Å². The van der Waals surface area contributed by atoms with Crippen molar-refractivity contribution in [2.24, 2.45) is 0 Å². The smallest absolute Gasteiger partial charge is 0.0570 e. The Hall–Kier alpha value is -0.900. The minimum Gasteiger partial charge on any atom is -0.393 e. The average Bonchev–Trinajstić information content (AvgIpc) is 2.70. The predicted octanol–water partition coefficient (Wildman–Crippen LogP) is 3.08. The lowest BCUT2D eigenvalue weighted by Gasteiger charge is -2.34. The number of thiophene rings is 1. The maximum Gasteiger partial charge on any atom is 0.0570 e. The van der Waals surface area contributed by atoms with E-state index in [1.807, 2.05) is 11.3 Å². The van der Waals surface area contributed by atoms with Gasteiger partial charge >= 0.3 is 0 Å². The molecule has 1 aliphatic rings. The summed E-state index contributed by atoms with van der Waals surface area (Å²) >= 11 is 1.86. The van der Waals surface area contributed by atoms with Gasteiger partial charge in [0.15, 0.2) is 0 Å². The number of rotatable bonds is 3. The Balaban J connectivity index is 1.74. The van der Waals surface area contributed by atoms with Crippen LogP contribution in [0.3, 0.4) is 0 Å². The highest BCUT2D eigenvalue weighted by molar-refractivity contribution is 7.19. The van der Waals surface area contributed by atoms with E-state index < -0.39 is 0 Å². The minimum atomic E-state index is -0.0814. The number of hydrogen-bond acceptors (Lipinski definition) is 3. The summed E-state index contributed by atoms with van der Waals surface area (Å²) in [6, 6.07) is 11.6. The van der Waals surface area contributed by atoms with Crippen molar-refractivity contribution in [2.75, 3.05) is 0 Å². The van der Waals surface area contributed by atoms with Crippen molar-refractivity contribution in [3.05, 3.63) is 35.2 Å². The van der Waals surface area contributed by atoms with Gasteiger partial charge in [-0.25, -0.2) is 0 Å². The SMILES string of the molecule is CC(NC1CC(O)C1)c1cc2ccccc2s1. The minimum absolute atomic E-state index is 0.0814. The molecule has 1 aromatic carbocycles. The molecular formula is C14H17NOS. The molecule has 1 heterocycles. The second kappa shape index (κ2) is 4.41. The van der Waals surface area contributed by atoms with Crippen molar-refractivity contribution in [2.45, 2.75) is 38.0 Å². The molecule has 3 rings (SSSR count). The molecule has 1 aliphatic carbocycles. The Labute approximate surface area is 105 Å². The molecule has 2 nitrogen and oxygen atoms in total. The molecule has 1 unspecified atom stereocenters. The Morgan fingerprint density at radius 2 is 2.12 bits per heavy atom. The van der Waals surface area contributed by atoms with E-state index in [1.165, 1.54) is 15.0 Å². The number of aliphatic hydroxyl groups is 1. The summed E-state index contributed by atoms with van der Waals surface area (Å²) < 4.78 is 1.35. The van der Waals surface area contributed by atoms with Crippen molar-refractivity contribution in [1.29, 1.82) is 0 Å². The van der Waals surface area contributed by atoms with Gasteiger partial charge in [-0.2, -0.15) is 0 Å². The Kier molecular flexibility index (Phi) is 2.90. The predicted molar refractivity (Wildman–Crippen MR) is 72.4 cm³/mol. The molecule has 90 valence electrons. The lowest BCUT2D eigenvalue weighted by Crippen LogP contribution is -2.44. The third kappa shape index (κ3) is 2.23. The molecule has 2 aromatic rings. The fourth-order valence-electron chi connectivity index (χ4n) is 2.38. The van der Waals surface area contributed by atoms with Crippen LogP contribution in [0.4, 0.5) is 0 Å². The molecule has 1 saturated carbocycles. The van der Waals surface area contributed by atoms with Gasteiger partial charge in [-0.05, 0) is 37.3 Å². The lowest BCUT2D eigenvalue weighted by atomic mass is 9.89. The second-order valence-corrected chi connectivity index (χ2v) is 6.01. The molecule has 0 bridgehead atoms. The van der Waals surface area contributed by atoms with Gasteiger partial charge in [0.05, 0.1) is 6.10 Å². The molecule has 0 radical (unpaired) electrons. The maximum atomic E-state index is 9.28. The van der Waals surface area contributed by atoms with Crippen LogP contribution in [0.15, 0.2) is 30.3 Å². The first-order valence-electron chi connectivity index (χ1n) is 6.15. The van der Waals surface area contributed by atoms with Crippen molar-refractivity contribution in [3.8, 4) is 0 Å². The first kappa shape index (κ1) is 11.2. The molecule has 1 fully saturated rings. The zero-order valence-corrected chi connectivity index (χ0v) is 10.7. The van der Waals surface area contributed by atoms with E-state index in [0.29, 0.717) is 12.1 Å². The molecule has 1 aromatic heterocycles. The van der Waals surface area contributed by atoms with Crippen molar-refractivity contribution in [3.63, 3.8) is 0 Å². The largest absolute Gasteiger partial charge is 0.393 e. The first-order valence-corrected chi connectivity index (χ1v) is 6.96. The van der Waals surface area contributed by atoms with E-state index in [0.717, 1.165) is 12.8 Å². The topological polar surface area (TPSA) is 32.3 Å². The van der Waals surface area contributed by atoms with Crippen molar-refractivity contribution < 1.29 is 5.11 Å². The van der Waals surface area contributed by atoms with Crippen LogP contribution in [0, 0.1) is 0 Å². The third-order valence-electron chi connectivity index (χ3n) is 3.47. The zero-order chi connectivity index (χ0) is 11.8. The summed E-state index contributed by atoms with van der Waals surface area (Å²) in [6.45, 7) is 2.20. The third-order valence-corrected chi connectivity index (χ3v) is 4.77. The van der Waals surface area contributed by atoms with Crippen LogP contribution in [0.1, 0.15) is 30.7 Å². The Morgan fingerprint density at radius 3 is 2.82 bits per heavy atom. The molecule has 17 heavy (non-hydrogen) atoms. The summed E-state index contributed by atoms with van der Waals surface area (Å²) in [6.07, 6.45) is 1.71. The summed E-state index contributed by atoms with van der Waals surface area (Å²) in [5.74, 6) is 0. The first-order chi connectivity index (χ1) is 8.22. The maximum absolute atomic E-state index is 9.28. The van der Waals surface area contributed by atoms with E-state index in [2.05, 4.69) is 42.6 Å². The quantitative estimate of drug-likeness (QED) is 0.873. The summed E-state index contributed by atoms with van der Waals surface area (Å²) in [5, 5.41) is 14.2. The standard InChI is InChI=1S/C14H17NOS/c1-9(15-11-7-12(16)8-11)14-6-10-4-2-3-5-13(10)17-14/h2-6,9,11-12,15-16H,7-8H2,1H3. The van der Waals surface area contributed by atoms with Gasteiger partial charge in [0.2, 0.25) is 0 Å². The molecule has 0 spiro atoms. The second-order valence-electron chi connectivity index (χ2n) is 4.90. The van der Waals surface area contributed by atoms with Crippen LogP contribution in [-0.4, -0.2) is 17.3 Å². The molecule has 0 aliphatic heterocycles. The number of aliphatic hydroxyl groups excluding tert-OH is 1. The molecular weight excluding hydrogens is 230 g/mol. The van der Waals surface area contributed by atoms with E-state index >= 15 is 0 Å². The highest BCUT2D eigenvalue weighted by atomic mass is 32.1. The van der Waals surface area contributed by atoms with Gasteiger partial charge in [0, 0.05) is 21.7 Å². The van der Waals surface area contributed by atoms with E-state index in [4.69, 9.17) is 0 Å². The average molecular weight is 247 g/mol. The molecule has 3 heteroatoms. The van der Waals surface area contributed by atoms with Crippen LogP contribution in [0.2, 0.25) is 0 Å². The van der Waals surface area contributed by atoms with Crippen LogP contribution in [0.5, 0.6) is 0 Å². The van der Waals surface area contributed by atoms with Gasteiger partial charge in [-0.3, -0.25) is 0 Å². The fourth-order valence-corrected chi connectivity index (χ4v) is 3.45. The molecule has 0 saturated heterocycles. The van der Waals surface area contributed by atoms with Crippen LogP contribution in [0.25, 0.3) is 10.1 Å². The van der Waals surface area contributed by atoms with Gasteiger partial charge in [-0.15, -0.1) is 11.3 Å². The van der Waals surface area contributed by atoms with Crippen LogP contribution >= 0.6 is 11.3 Å². The zero-order valence-electron chi connectivity index (χ0n) is 9.89. The number of hydrogen-bond donors (Lipinski definition) is 2. The number of fused-ring (bicyclic) bond motifs is 1. The van der Waals surface area contributed by atoms with Gasteiger partial charge in [-0.1, -0.05) is 18.2 Å². The Bertz CT molecular complexity index is 483. The number of nitrogens with one attached hydrogen (secondary N) is 1. The van der Waals surface area contributed by atoms with Gasteiger partial charge in [0.1, 0.15) is 0 Å². The monoisotopic (exact) mass is 247 g/mol. The molecule has 0 amide bonds. The lowest BCUT2D eigenvalue weighted by molar-refractivity contribution is 0.0587. The van der Waals surface area contributed by atoms with E-state index in [1.54, 1.807) is 0 Å². The van der Waals surface area contributed by atoms with Gasteiger partial charge < -0.3 is 10.4 Å². The van der Waals surface area contributed by atoms with E-state index in [-0.39, 0.29) is 6.10 Å². The summed E-state index contributed by atoms with van der Waals surface area (Å²) in [5.41, 5.74) is 0. The fraction of sp³-hybridized carbons (Fsp3) is 0.429. The highest BCUT2D eigenvalue weighted by Crippen LogP contribution is 2.31. The highest BCUT2D eigenvalue weighted by Gasteiger charge is 2.28. The summed E-state index contributed by atoms with van der Waals surface area (Å²) in [4.78, 5) is 1.38. The van der Waals surface area contributed by atoms with E-state index in [9.17, 15) is 5.11 Å².